The van der Waals surface area contributed by atoms with Crippen molar-refractivity contribution >= 4 is 0 Å². The molecule has 1 saturated heterocycles. The normalized spacial score (nSPS) is 27.1. The highest BCUT2D eigenvalue weighted by Gasteiger charge is 2.37. The highest BCUT2D eigenvalue weighted by atomic mass is 16.5. The van der Waals surface area contributed by atoms with Crippen LogP contribution in [0.4, 0.5) is 0 Å². The first-order chi connectivity index (χ1) is 9.67. The second-order valence-electron chi connectivity index (χ2n) is 6.49. The van der Waals surface area contributed by atoms with Crippen molar-refractivity contribution in [2.24, 2.45) is 5.41 Å². The molecule has 0 bridgehead atoms. The standard InChI is InChI=1S/C14H25N5O/c1-12(2)15-8-14(3-6-20-10-14)9-18-4-5-19-11-16-17-13(19)7-18/h11-12,15H,3-10H2,1-2H3. The molecule has 1 fully saturated rings. The lowest BCUT2D eigenvalue weighted by molar-refractivity contribution is 0.0920. The minimum Gasteiger partial charge on any atom is -0.381 e. The molecular weight excluding hydrogens is 254 g/mol. The summed E-state index contributed by atoms with van der Waals surface area (Å²) in [6.45, 7) is 11.3. The Morgan fingerprint density at radius 3 is 3.10 bits per heavy atom. The molecule has 6 heteroatoms. The van der Waals surface area contributed by atoms with E-state index in [1.807, 2.05) is 6.33 Å². The predicted molar refractivity (Wildman–Crippen MR) is 76.3 cm³/mol. The average Bonchev–Trinajstić information content (AvgIpc) is 3.05. The van der Waals surface area contributed by atoms with Gasteiger partial charge in [-0.05, 0) is 6.42 Å². The van der Waals surface area contributed by atoms with E-state index in [0.29, 0.717) is 6.04 Å². The molecular formula is C14H25N5O. The van der Waals surface area contributed by atoms with E-state index in [9.17, 15) is 0 Å². The predicted octanol–water partition coefficient (Wildman–Crippen LogP) is 0.498. The van der Waals surface area contributed by atoms with E-state index in [4.69, 9.17) is 4.74 Å². The Hall–Kier alpha value is -0.980. The fourth-order valence-corrected chi connectivity index (χ4v) is 3.12. The summed E-state index contributed by atoms with van der Waals surface area (Å²) in [7, 11) is 0. The Kier molecular flexibility index (Phi) is 4.05. The number of hydrogen-bond donors (Lipinski definition) is 1. The molecule has 1 N–H and O–H groups in total. The van der Waals surface area contributed by atoms with Crippen molar-refractivity contribution in [2.75, 3.05) is 32.8 Å². The second-order valence-corrected chi connectivity index (χ2v) is 6.49. The smallest absolute Gasteiger partial charge is 0.147 e. The number of aromatic nitrogens is 3. The van der Waals surface area contributed by atoms with Crippen LogP contribution in [0.3, 0.4) is 0 Å². The van der Waals surface area contributed by atoms with Crippen molar-refractivity contribution in [1.29, 1.82) is 0 Å². The molecule has 1 atom stereocenters. The maximum Gasteiger partial charge on any atom is 0.147 e. The van der Waals surface area contributed by atoms with Crippen molar-refractivity contribution in [2.45, 2.75) is 39.4 Å². The molecule has 112 valence electrons. The molecule has 2 aliphatic heterocycles. The Morgan fingerprint density at radius 1 is 1.45 bits per heavy atom. The van der Waals surface area contributed by atoms with E-state index in [0.717, 1.165) is 58.2 Å². The second kappa shape index (κ2) is 5.79. The Balaban J connectivity index is 1.62. The van der Waals surface area contributed by atoms with Gasteiger partial charge >= 0.3 is 0 Å². The van der Waals surface area contributed by atoms with Crippen LogP contribution in [0.25, 0.3) is 0 Å². The summed E-state index contributed by atoms with van der Waals surface area (Å²) in [5.74, 6) is 1.09. The molecule has 2 aliphatic rings. The molecule has 0 aliphatic carbocycles. The lowest BCUT2D eigenvalue weighted by Gasteiger charge is -2.36. The summed E-state index contributed by atoms with van der Waals surface area (Å²) in [6.07, 6.45) is 2.98. The van der Waals surface area contributed by atoms with Gasteiger partial charge in [-0.2, -0.15) is 0 Å². The maximum absolute atomic E-state index is 5.69. The molecule has 20 heavy (non-hydrogen) atoms. The highest BCUT2D eigenvalue weighted by Crippen LogP contribution is 2.30. The zero-order valence-electron chi connectivity index (χ0n) is 12.5. The number of ether oxygens (including phenoxy) is 1. The number of hydrogen-bond acceptors (Lipinski definition) is 5. The van der Waals surface area contributed by atoms with Crippen LogP contribution in [0.1, 0.15) is 26.1 Å². The first-order valence-corrected chi connectivity index (χ1v) is 7.57. The Morgan fingerprint density at radius 2 is 2.35 bits per heavy atom. The third kappa shape index (κ3) is 3.02. The molecule has 1 unspecified atom stereocenters. The van der Waals surface area contributed by atoms with Crippen molar-refractivity contribution in [3.63, 3.8) is 0 Å². The van der Waals surface area contributed by atoms with E-state index in [-0.39, 0.29) is 5.41 Å². The van der Waals surface area contributed by atoms with Crippen LogP contribution in [0, 0.1) is 5.41 Å². The number of nitrogens with zero attached hydrogens (tertiary/aromatic N) is 4. The third-order valence-electron chi connectivity index (χ3n) is 4.35. The Labute approximate surface area is 120 Å². The minimum absolute atomic E-state index is 0.256. The lowest BCUT2D eigenvalue weighted by Crippen LogP contribution is -2.48. The molecule has 1 aromatic rings. The molecule has 0 saturated carbocycles. The summed E-state index contributed by atoms with van der Waals surface area (Å²) in [4.78, 5) is 2.50. The van der Waals surface area contributed by atoms with Crippen molar-refractivity contribution in [3.05, 3.63) is 12.2 Å². The van der Waals surface area contributed by atoms with Crippen LogP contribution in [0.2, 0.25) is 0 Å². The van der Waals surface area contributed by atoms with Gasteiger partial charge in [0, 0.05) is 44.2 Å². The zero-order chi connectivity index (χ0) is 14.0. The van der Waals surface area contributed by atoms with Gasteiger partial charge in [0.25, 0.3) is 0 Å². The van der Waals surface area contributed by atoms with Crippen molar-refractivity contribution < 1.29 is 4.74 Å². The molecule has 3 rings (SSSR count). The summed E-state index contributed by atoms with van der Waals surface area (Å²) < 4.78 is 7.84. The highest BCUT2D eigenvalue weighted by molar-refractivity contribution is 4.94. The molecule has 0 aromatic carbocycles. The van der Waals surface area contributed by atoms with Gasteiger partial charge in [0.1, 0.15) is 12.2 Å². The van der Waals surface area contributed by atoms with Crippen LogP contribution >= 0.6 is 0 Å². The fraction of sp³-hybridized carbons (Fsp3) is 0.857. The molecule has 1 aromatic heterocycles. The topological polar surface area (TPSA) is 55.2 Å². The van der Waals surface area contributed by atoms with Crippen LogP contribution < -0.4 is 5.32 Å². The zero-order valence-corrected chi connectivity index (χ0v) is 12.5. The number of fused-ring (bicyclic) bond motifs is 1. The SMILES string of the molecule is CC(C)NCC1(CN2CCn3cnnc3C2)CCOC1. The van der Waals surface area contributed by atoms with E-state index in [2.05, 4.69) is 38.8 Å². The maximum atomic E-state index is 5.69. The molecule has 6 nitrogen and oxygen atoms in total. The summed E-state index contributed by atoms with van der Waals surface area (Å²) in [5, 5.41) is 11.8. The van der Waals surface area contributed by atoms with Crippen LogP contribution in [0.15, 0.2) is 6.33 Å². The van der Waals surface area contributed by atoms with E-state index >= 15 is 0 Å². The van der Waals surface area contributed by atoms with Gasteiger partial charge in [0.15, 0.2) is 0 Å². The van der Waals surface area contributed by atoms with Crippen LogP contribution in [-0.4, -0.2) is 58.6 Å². The summed E-state index contributed by atoms with van der Waals surface area (Å²) >= 11 is 0. The third-order valence-corrected chi connectivity index (χ3v) is 4.35. The van der Waals surface area contributed by atoms with Gasteiger partial charge in [0.2, 0.25) is 0 Å². The monoisotopic (exact) mass is 279 g/mol. The van der Waals surface area contributed by atoms with E-state index < -0.39 is 0 Å². The van der Waals surface area contributed by atoms with Gasteiger partial charge in [-0.15, -0.1) is 10.2 Å². The molecule has 0 spiro atoms. The largest absolute Gasteiger partial charge is 0.381 e. The first-order valence-electron chi connectivity index (χ1n) is 7.57. The van der Waals surface area contributed by atoms with Gasteiger partial charge in [0.05, 0.1) is 13.2 Å². The van der Waals surface area contributed by atoms with Gasteiger partial charge in [-0.1, -0.05) is 13.8 Å². The molecule has 0 amide bonds. The summed E-state index contributed by atoms with van der Waals surface area (Å²) in [5.41, 5.74) is 0.256. The summed E-state index contributed by atoms with van der Waals surface area (Å²) in [6, 6.07) is 0.525. The molecule has 0 radical (unpaired) electrons. The minimum atomic E-state index is 0.256. The first kappa shape index (κ1) is 14.0. The van der Waals surface area contributed by atoms with Gasteiger partial charge in [-0.25, -0.2) is 0 Å². The number of nitrogens with one attached hydrogen (secondary N) is 1. The van der Waals surface area contributed by atoms with Crippen LogP contribution in [0.5, 0.6) is 0 Å². The quantitative estimate of drug-likeness (QED) is 0.850. The van der Waals surface area contributed by atoms with E-state index in [1.165, 1.54) is 0 Å². The van der Waals surface area contributed by atoms with Crippen molar-refractivity contribution in [1.82, 2.24) is 25.0 Å². The molecule has 3 heterocycles. The number of rotatable bonds is 5. The van der Waals surface area contributed by atoms with Crippen molar-refractivity contribution in [3.8, 4) is 0 Å². The van der Waals surface area contributed by atoms with E-state index in [1.54, 1.807) is 0 Å². The van der Waals surface area contributed by atoms with Gasteiger partial charge < -0.3 is 14.6 Å². The fourth-order valence-electron chi connectivity index (χ4n) is 3.12. The average molecular weight is 279 g/mol. The lowest BCUT2D eigenvalue weighted by atomic mass is 9.86. The van der Waals surface area contributed by atoms with Crippen LogP contribution in [-0.2, 0) is 17.8 Å². The van der Waals surface area contributed by atoms with Gasteiger partial charge in [-0.3, -0.25) is 4.90 Å². The Bertz CT molecular complexity index is 439.